The van der Waals surface area contributed by atoms with E-state index in [1.165, 1.54) is 178 Å². The van der Waals surface area contributed by atoms with Crippen molar-refractivity contribution in [3.63, 3.8) is 0 Å². The third-order valence-corrected chi connectivity index (χ3v) is 17.6. The molecule has 0 radical (unpaired) electrons. The minimum absolute atomic E-state index is 0.0848. The smallest absolute Gasteiger partial charge is 0.000673 e. The van der Waals surface area contributed by atoms with E-state index in [9.17, 15) is 0 Å². The summed E-state index contributed by atoms with van der Waals surface area (Å²) in [7, 11) is 0. The van der Waals surface area contributed by atoms with E-state index in [-0.39, 0.29) is 16.2 Å². The zero-order valence-electron chi connectivity index (χ0n) is 42.6. The first-order valence-electron chi connectivity index (χ1n) is 26.2. The predicted octanol–water partition coefficient (Wildman–Crippen LogP) is 21.2. The SMILES string of the molecule is CC(C)(C)c1cc2c3ccc4ccccc4c3cc3c2c(c1)c1c2c4cc5c6ccccc6ccc5c5cc(C(C)(C)C)cc(c54)c2c2c4cc5c6ccccc6ccc5c5cc(C(C)(C)C)cc(c54)c2c31. The fraction of sp³-hybridized carbons (Fsp3) is 0.167. The molecule has 0 nitrogen and oxygen atoms in total. The molecular formula is C72H54. The largest absolute Gasteiger partial charge is 0.0616 e. The molecule has 16 rings (SSSR count). The van der Waals surface area contributed by atoms with Crippen molar-refractivity contribution < 1.29 is 0 Å². The van der Waals surface area contributed by atoms with Gasteiger partial charge < -0.3 is 0 Å². The highest BCUT2D eigenvalue weighted by Crippen LogP contribution is 2.59. The summed E-state index contributed by atoms with van der Waals surface area (Å²) >= 11 is 0. The van der Waals surface area contributed by atoms with E-state index in [1.807, 2.05) is 0 Å². The molecule has 0 fully saturated rings. The lowest BCUT2D eigenvalue weighted by Gasteiger charge is -2.21. The average Bonchev–Trinajstić information content (AvgIpc) is 3.99. The Balaban J connectivity index is 1.31. The first kappa shape index (κ1) is 40.9. The van der Waals surface area contributed by atoms with Gasteiger partial charge in [-0.1, -0.05) is 172 Å². The standard InChI is InChI=1S/C72H54/c1-70(2,3)40-28-52-46-25-22-37-16-10-13-19-43(37)49(46)34-58-61(52)55(31-40)64-67(58)65-57-33-42(72(7,8)9)30-54-48-27-24-39-18-12-15-21-45(39)51(48)36-60(63(54)57)69(65)66-56-32-41(71(4,5)6)29-53-47-26-23-38-17-11-14-20-44(38)50(47)35-59(62(53)56)68(64)66/h10-36H,1-9H3. The molecule has 0 spiro atoms. The van der Waals surface area contributed by atoms with E-state index in [2.05, 4.69) is 226 Å². The monoisotopic (exact) mass is 918 g/mol. The Morgan fingerprint density at radius 3 is 0.681 bits per heavy atom. The topological polar surface area (TPSA) is 0 Å². The van der Waals surface area contributed by atoms with Crippen LogP contribution >= 0.6 is 0 Å². The Morgan fingerprint density at radius 2 is 0.417 bits per heavy atom. The van der Waals surface area contributed by atoms with Gasteiger partial charge in [0.1, 0.15) is 0 Å². The van der Waals surface area contributed by atoms with Crippen LogP contribution in [0.3, 0.4) is 0 Å². The molecule has 0 heterocycles. The van der Waals surface area contributed by atoms with Crippen LogP contribution in [0.5, 0.6) is 0 Å². The van der Waals surface area contributed by atoms with E-state index in [4.69, 9.17) is 0 Å². The molecule has 0 aromatic heterocycles. The maximum absolute atomic E-state index is 2.61. The average molecular weight is 919 g/mol. The van der Waals surface area contributed by atoms with E-state index in [0.29, 0.717) is 0 Å². The van der Waals surface area contributed by atoms with Crippen LogP contribution in [0.1, 0.15) is 79.0 Å². The van der Waals surface area contributed by atoms with Crippen molar-refractivity contribution in [2.75, 3.05) is 0 Å². The van der Waals surface area contributed by atoms with Gasteiger partial charge in [0.05, 0.1) is 0 Å². The van der Waals surface area contributed by atoms with E-state index < -0.39 is 0 Å². The minimum atomic E-state index is -0.0848. The van der Waals surface area contributed by atoms with Crippen molar-refractivity contribution in [3.05, 3.63) is 180 Å². The second-order valence-electron chi connectivity index (χ2n) is 24.8. The second-order valence-corrected chi connectivity index (χ2v) is 24.8. The predicted molar refractivity (Wildman–Crippen MR) is 319 cm³/mol. The molecule has 0 N–H and O–H groups in total. The molecule has 0 unspecified atom stereocenters. The van der Waals surface area contributed by atoms with Crippen molar-refractivity contribution in [1.29, 1.82) is 0 Å². The quantitative estimate of drug-likeness (QED) is 0.133. The second kappa shape index (κ2) is 13.2. The molecule has 16 aromatic carbocycles. The van der Waals surface area contributed by atoms with Crippen molar-refractivity contribution in [3.8, 4) is 0 Å². The molecule has 0 aliphatic heterocycles. The first-order valence-corrected chi connectivity index (χ1v) is 26.2. The third kappa shape index (κ3) is 5.08. The van der Waals surface area contributed by atoms with Gasteiger partial charge in [0, 0.05) is 0 Å². The molecule has 0 amide bonds. The van der Waals surface area contributed by atoms with Crippen LogP contribution in [0.25, 0.3) is 162 Å². The van der Waals surface area contributed by atoms with Gasteiger partial charge in [-0.05, 0) is 249 Å². The Kier molecular flexibility index (Phi) is 7.48. The normalized spacial score (nSPS) is 13.6. The molecular weight excluding hydrogens is 865 g/mol. The van der Waals surface area contributed by atoms with Gasteiger partial charge in [0.2, 0.25) is 0 Å². The summed E-state index contributed by atoms with van der Waals surface area (Å²) in [5.74, 6) is 0. The number of benzene rings is 13. The Hall–Kier alpha value is -7.80. The van der Waals surface area contributed by atoms with Crippen LogP contribution < -0.4 is 0 Å². The van der Waals surface area contributed by atoms with Crippen molar-refractivity contribution in [1.82, 2.24) is 0 Å². The van der Waals surface area contributed by atoms with Gasteiger partial charge >= 0.3 is 0 Å². The summed E-state index contributed by atoms with van der Waals surface area (Å²) in [5.41, 5.74) is 3.86. The van der Waals surface area contributed by atoms with Crippen molar-refractivity contribution in [2.45, 2.75) is 78.6 Å². The summed E-state index contributed by atoms with van der Waals surface area (Å²) in [6.07, 6.45) is 0. The fourth-order valence-electron chi connectivity index (χ4n) is 14.0. The van der Waals surface area contributed by atoms with Crippen LogP contribution in [0, 0.1) is 0 Å². The Bertz CT molecular complexity index is 4570. The zero-order valence-corrected chi connectivity index (χ0v) is 42.6. The molecule has 0 saturated carbocycles. The van der Waals surface area contributed by atoms with Crippen LogP contribution in [0.15, 0.2) is 164 Å². The van der Waals surface area contributed by atoms with Crippen molar-refractivity contribution in [2.24, 2.45) is 0 Å². The molecule has 0 atom stereocenters. The van der Waals surface area contributed by atoms with Crippen LogP contribution in [0.4, 0.5) is 0 Å². The molecule has 342 valence electrons. The van der Waals surface area contributed by atoms with Gasteiger partial charge in [-0.2, -0.15) is 0 Å². The molecule has 0 aliphatic carbocycles. The maximum atomic E-state index is 2.61. The number of rotatable bonds is 0. The van der Waals surface area contributed by atoms with Crippen LogP contribution in [-0.2, 0) is 16.2 Å². The number of hydrogen-bond donors (Lipinski definition) is 0. The van der Waals surface area contributed by atoms with E-state index in [0.717, 1.165) is 0 Å². The summed E-state index contributed by atoms with van der Waals surface area (Å²) in [5, 5.41) is 40.6. The molecule has 0 heteroatoms. The number of hydrogen-bond acceptors (Lipinski definition) is 0. The molecule has 16 aromatic rings. The van der Waals surface area contributed by atoms with Gasteiger partial charge in [-0.25, -0.2) is 0 Å². The molecule has 72 heavy (non-hydrogen) atoms. The Labute approximate surface area is 418 Å². The van der Waals surface area contributed by atoms with Crippen LogP contribution in [0.2, 0.25) is 0 Å². The molecule has 0 saturated heterocycles. The van der Waals surface area contributed by atoms with E-state index >= 15 is 0 Å². The summed E-state index contributed by atoms with van der Waals surface area (Å²) in [4.78, 5) is 0. The highest BCUT2D eigenvalue weighted by Gasteiger charge is 2.32. The highest BCUT2D eigenvalue weighted by atomic mass is 14.3. The minimum Gasteiger partial charge on any atom is -0.0616 e. The van der Waals surface area contributed by atoms with E-state index in [1.54, 1.807) is 0 Å². The summed E-state index contributed by atoms with van der Waals surface area (Å²) in [6.45, 7) is 21.6. The highest BCUT2D eigenvalue weighted by molar-refractivity contribution is 6.57. The van der Waals surface area contributed by atoms with Gasteiger partial charge in [0.15, 0.2) is 0 Å². The zero-order chi connectivity index (χ0) is 48.6. The van der Waals surface area contributed by atoms with Crippen molar-refractivity contribution >= 4 is 162 Å². The first-order chi connectivity index (χ1) is 34.6. The number of fused-ring (bicyclic) bond motifs is 24. The van der Waals surface area contributed by atoms with Crippen LogP contribution in [-0.4, -0.2) is 0 Å². The summed E-state index contributed by atoms with van der Waals surface area (Å²) in [6, 6.07) is 64.7. The summed E-state index contributed by atoms with van der Waals surface area (Å²) < 4.78 is 0. The van der Waals surface area contributed by atoms with Gasteiger partial charge in [-0.3, -0.25) is 0 Å². The molecule has 0 aliphatic rings. The maximum Gasteiger partial charge on any atom is -0.000673 e. The molecule has 0 bridgehead atoms. The van der Waals surface area contributed by atoms with Gasteiger partial charge in [0.25, 0.3) is 0 Å². The lowest BCUT2D eigenvalue weighted by atomic mass is 9.83. The fourth-order valence-corrected chi connectivity index (χ4v) is 14.0. The lowest BCUT2D eigenvalue weighted by Crippen LogP contribution is -2.10. The van der Waals surface area contributed by atoms with Gasteiger partial charge in [-0.15, -0.1) is 0 Å². The third-order valence-electron chi connectivity index (χ3n) is 17.6. The lowest BCUT2D eigenvalue weighted by molar-refractivity contribution is 0.591. The Morgan fingerprint density at radius 1 is 0.181 bits per heavy atom.